The third-order valence-corrected chi connectivity index (χ3v) is 4.68. The van der Waals surface area contributed by atoms with Gasteiger partial charge in [-0.05, 0) is 43.0 Å². The molecule has 1 N–H and O–H groups in total. The lowest BCUT2D eigenvalue weighted by molar-refractivity contribution is 0.216. The van der Waals surface area contributed by atoms with E-state index in [9.17, 15) is 18.3 Å². The largest absolute Gasteiger partial charge is 0.383 e. The monoisotopic (exact) mass is 284 g/mol. The maximum atomic E-state index is 13.6. The van der Waals surface area contributed by atoms with Gasteiger partial charge in [0.2, 0.25) is 0 Å². The molecule has 1 aliphatic rings. The van der Waals surface area contributed by atoms with E-state index in [1.165, 1.54) is 21.8 Å². The molecule has 3 rings (SSSR count). The minimum absolute atomic E-state index is 0.223. The Bertz CT molecular complexity index is 614. The second-order valence-electron chi connectivity index (χ2n) is 4.62. The molecule has 100 valence electrons. The van der Waals surface area contributed by atoms with E-state index in [2.05, 4.69) is 0 Å². The van der Waals surface area contributed by atoms with Gasteiger partial charge in [-0.15, -0.1) is 11.3 Å². The lowest BCUT2D eigenvalue weighted by Crippen LogP contribution is -2.04. The number of halogens is 3. The lowest BCUT2D eigenvalue weighted by atomic mass is 10.1. The Hall–Kier alpha value is -1.33. The molecule has 1 nitrogen and oxygen atoms in total. The average Bonchev–Trinajstić information content (AvgIpc) is 2.96. The van der Waals surface area contributed by atoms with Crippen LogP contribution in [0.1, 0.15) is 33.4 Å². The predicted molar refractivity (Wildman–Crippen MR) is 66.7 cm³/mol. The highest BCUT2D eigenvalue weighted by molar-refractivity contribution is 7.12. The molecular weight excluding hydrogens is 273 g/mol. The Labute approximate surface area is 112 Å². The molecule has 1 unspecified atom stereocenters. The fourth-order valence-corrected chi connectivity index (χ4v) is 3.65. The Kier molecular flexibility index (Phi) is 3.11. The lowest BCUT2D eigenvalue weighted by Gasteiger charge is -2.11. The average molecular weight is 284 g/mol. The second-order valence-corrected chi connectivity index (χ2v) is 5.79. The minimum atomic E-state index is -1.54. The van der Waals surface area contributed by atoms with Crippen molar-refractivity contribution in [2.24, 2.45) is 0 Å². The number of hydrogen-bond donors (Lipinski definition) is 1. The van der Waals surface area contributed by atoms with Gasteiger partial charge in [-0.1, -0.05) is 0 Å². The number of aliphatic hydroxyl groups excluding tert-OH is 1. The van der Waals surface area contributed by atoms with Crippen LogP contribution in [0.4, 0.5) is 13.2 Å². The number of benzene rings is 1. The molecule has 19 heavy (non-hydrogen) atoms. The van der Waals surface area contributed by atoms with Gasteiger partial charge >= 0.3 is 0 Å². The van der Waals surface area contributed by atoms with Crippen LogP contribution in [0.3, 0.4) is 0 Å². The van der Waals surface area contributed by atoms with Crippen molar-refractivity contribution in [3.8, 4) is 0 Å². The molecule has 0 spiro atoms. The van der Waals surface area contributed by atoms with Crippen LogP contribution in [0.25, 0.3) is 0 Å². The number of aliphatic hydroxyl groups is 1. The van der Waals surface area contributed by atoms with Crippen molar-refractivity contribution < 1.29 is 18.3 Å². The number of thiophene rings is 1. The van der Waals surface area contributed by atoms with Crippen LogP contribution >= 0.6 is 11.3 Å². The van der Waals surface area contributed by atoms with E-state index in [1.54, 1.807) is 0 Å². The predicted octanol–water partition coefficient (Wildman–Crippen LogP) is 3.74. The standard InChI is InChI=1S/C14H11F3OS/c15-9-5-4-8(12(16)13(9)17)14(18)11-6-7-2-1-3-10(7)19-11/h4-6,14,18H,1-3H2. The van der Waals surface area contributed by atoms with E-state index in [4.69, 9.17) is 0 Å². The van der Waals surface area contributed by atoms with Crippen LogP contribution in [-0.2, 0) is 12.8 Å². The molecule has 1 aromatic heterocycles. The summed E-state index contributed by atoms with van der Waals surface area (Å²) in [4.78, 5) is 1.77. The SMILES string of the molecule is OC(c1cc2c(s1)CCC2)c1ccc(F)c(F)c1F. The van der Waals surface area contributed by atoms with Gasteiger partial charge in [0.05, 0.1) is 0 Å². The fourth-order valence-electron chi connectivity index (χ4n) is 2.39. The maximum absolute atomic E-state index is 13.6. The van der Waals surface area contributed by atoms with Crippen LogP contribution in [0.2, 0.25) is 0 Å². The van der Waals surface area contributed by atoms with Crippen LogP contribution < -0.4 is 0 Å². The first-order valence-electron chi connectivity index (χ1n) is 6.01. The first-order valence-corrected chi connectivity index (χ1v) is 6.82. The van der Waals surface area contributed by atoms with E-state index in [1.807, 2.05) is 6.07 Å². The van der Waals surface area contributed by atoms with Crippen molar-refractivity contribution in [1.82, 2.24) is 0 Å². The summed E-state index contributed by atoms with van der Waals surface area (Å²) < 4.78 is 39.7. The minimum Gasteiger partial charge on any atom is -0.383 e. The van der Waals surface area contributed by atoms with Crippen molar-refractivity contribution in [2.75, 3.05) is 0 Å². The van der Waals surface area contributed by atoms with E-state index >= 15 is 0 Å². The van der Waals surface area contributed by atoms with Crippen molar-refractivity contribution >= 4 is 11.3 Å². The van der Waals surface area contributed by atoms with Gasteiger partial charge in [0.1, 0.15) is 6.10 Å². The first kappa shape index (κ1) is 12.7. The molecule has 0 amide bonds. The van der Waals surface area contributed by atoms with E-state index in [-0.39, 0.29) is 5.56 Å². The van der Waals surface area contributed by atoms with Gasteiger partial charge in [-0.2, -0.15) is 0 Å². The fraction of sp³-hybridized carbons (Fsp3) is 0.286. The highest BCUT2D eigenvalue weighted by Crippen LogP contribution is 2.37. The van der Waals surface area contributed by atoms with Crippen LogP contribution in [0.15, 0.2) is 18.2 Å². The zero-order valence-corrected chi connectivity index (χ0v) is 10.7. The number of fused-ring (bicyclic) bond motifs is 1. The van der Waals surface area contributed by atoms with Gasteiger partial charge < -0.3 is 5.11 Å². The van der Waals surface area contributed by atoms with Gasteiger partial charge in [0, 0.05) is 15.3 Å². The first-order chi connectivity index (χ1) is 9.08. The Morgan fingerprint density at radius 2 is 1.89 bits per heavy atom. The summed E-state index contributed by atoms with van der Waals surface area (Å²) in [6.07, 6.45) is 1.77. The summed E-state index contributed by atoms with van der Waals surface area (Å²) in [6.45, 7) is 0. The van der Waals surface area contributed by atoms with Gasteiger partial charge in [-0.3, -0.25) is 0 Å². The van der Waals surface area contributed by atoms with Gasteiger partial charge in [-0.25, -0.2) is 13.2 Å². The third-order valence-electron chi connectivity index (χ3n) is 3.39. The third kappa shape index (κ3) is 2.07. The van der Waals surface area contributed by atoms with Crippen LogP contribution in [0, 0.1) is 17.5 Å². The zero-order chi connectivity index (χ0) is 13.6. The van der Waals surface area contributed by atoms with Crippen molar-refractivity contribution in [3.05, 3.63) is 56.5 Å². The molecule has 2 aromatic rings. The normalized spacial score (nSPS) is 15.6. The zero-order valence-electron chi connectivity index (χ0n) is 9.92. The Balaban J connectivity index is 1.99. The van der Waals surface area contributed by atoms with Crippen molar-refractivity contribution in [2.45, 2.75) is 25.4 Å². The molecule has 1 aromatic carbocycles. The highest BCUT2D eigenvalue weighted by atomic mass is 32.1. The van der Waals surface area contributed by atoms with Crippen molar-refractivity contribution in [3.63, 3.8) is 0 Å². The molecule has 0 saturated carbocycles. The maximum Gasteiger partial charge on any atom is 0.194 e. The van der Waals surface area contributed by atoms with E-state index in [0.717, 1.165) is 31.4 Å². The molecule has 1 atom stereocenters. The molecule has 0 aliphatic heterocycles. The topological polar surface area (TPSA) is 20.2 Å². The van der Waals surface area contributed by atoms with Crippen molar-refractivity contribution in [1.29, 1.82) is 0 Å². The highest BCUT2D eigenvalue weighted by Gasteiger charge is 2.24. The summed E-state index contributed by atoms with van der Waals surface area (Å²) >= 11 is 1.41. The Morgan fingerprint density at radius 1 is 1.11 bits per heavy atom. The number of rotatable bonds is 2. The molecule has 1 aliphatic carbocycles. The number of aryl methyl sites for hydroxylation is 2. The molecular formula is C14H11F3OS. The molecule has 0 saturated heterocycles. The summed E-state index contributed by atoms with van der Waals surface area (Å²) in [7, 11) is 0. The molecule has 0 radical (unpaired) electrons. The number of hydrogen-bond acceptors (Lipinski definition) is 2. The van der Waals surface area contributed by atoms with Gasteiger partial charge in [0.25, 0.3) is 0 Å². The molecule has 1 heterocycles. The van der Waals surface area contributed by atoms with E-state index < -0.39 is 23.6 Å². The summed E-state index contributed by atoms with van der Waals surface area (Å²) in [6, 6.07) is 3.75. The second kappa shape index (κ2) is 4.65. The Morgan fingerprint density at radius 3 is 2.63 bits per heavy atom. The molecule has 0 bridgehead atoms. The smallest absolute Gasteiger partial charge is 0.194 e. The van der Waals surface area contributed by atoms with Gasteiger partial charge in [0.15, 0.2) is 17.5 Å². The summed E-state index contributed by atoms with van der Waals surface area (Å²) in [5.74, 6) is -4.11. The molecule has 5 heteroatoms. The molecule has 0 fully saturated rings. The van der Waals surface area contributed by atoms with Crippen LogP contribution in [0.5, 0.6) is 0 Å². The quantitative estimate of drug-likeness (QED) is 0.833. The van der Waals surface area contributed by atoms with Crippen LogP contribution in [-0.4, -0.2) is 5.11 Å². The summed E-state index contributed by atoms with van der Waals surface area (Å²) in [5, 5.41) is 10.1. The van der Waals surface area contributed by atoms with E-state index in [0.29, 0.717) is 4.88 Å². The summed E-state index contributed by atoms with van der Waals surface area (Å²) in [5.41, 5.74) is 0.945.